The molecule has 5 aromatic carbocycles. The van der Waals surface area contributed by atoms with Crippen LogP contribution in [-0.4, -0.2) is 0 Å². The lowest BCUT2D eigenvalue weighted by Gasteiger charge is -2.23. The van der Waals surface area contributed by atoms with Crippen LogP contribution in [0.3, 0.4) is 0 Å². The molecular formula is C26H19N3. The van der Waals surface area contributed by atoms with Gasteiger partial charge < -0.3 is 0 Å². The third kappa shape index (κ3) is 2.42. The van der Waals surface area contributed by atoms with Gasteiger partial charge in [0.05, 0.1) is 22.7 Å². The summed E-state index contributed by atoms with van der Waals surface area (Å²) in [4.78, 5) is 0. The zero-order valence-electron chi connectivity index (χ0n) is 15.8. The fourth-order valence-corrected chi connectivity index (χ4v) is 4.28. The van der Waals surface area contributed by atoms with Crippen molar-refractivity contribution in [2.75, 3.05) is 10.0 Å². The summed E-state index contributed by atoms with van der Waals surface area (Å²) >= 11 is 0. The van der Waals surface area contributed by atoms with Crippen molar-refractivity contribution in [2.24, 2.45) is 0 Å². The number of rotatable bonds is 2. The average molecular weight is 373 g/mol. The predicted molar refractivity (Wildman–Crippen MR) is 122 cm³/mol. The van der Waals surface area contributed by atoms with E-state index in [1.165, 1.54) is 32.9 Å². The molecule has 5 aromatic rings. The number of benzene rings is 5. The summed E-state index contributed by atoms with van der Waals surface area (Å²) in [6, 6.07) is 38.3. The molecule has 6 rings (SSSR count). The third-order valence-electron chi connectivity index (χ3n) is 5.55. The van der Waals surface area contributed by atoms with E-state index in [9.17, 15) is 0 Å². The number of para-hydroxylation sites is 2. The van der Waals surface area contributed by atoms with Crippen molar-refractivity contribution in [1.29, 1.82) is 0 Å². The lowest BCUT2D eigenvalue weighted by Crippen LogP contribution is -2.38. The number of fused-ring (bicyclic) bond motifs is 6. The minimum absolute atomic E-state index is 1.10. The van der Waals surface area contributed by atoms with Crippen LogP contribution in [0.15, 0.2) is 109 Å². The quantitative estimate of drug-likeness (QED) is 0.347. The number of hydrogen-bond donors (Lipinski definition) is 1. The Kier molecular flexibility index (Phi) is 3.55. The summed E-state index contributed by atoms with van der Waals surface area (Å²) in [5.41, 5.74) is 8.20. The first-order valence-electron chi connectivity index (χ1n) is 9.82. The van der Waals surface area contributed by atoms with Crippen molar-refractivity contribution in [3.05, 3.63) is 109 Å². The van der Waals surface area contributed by atoms with Crippen molar-refractivity contribution >= 4 is 44.3 Å². The second-order valence-electron chi connectivity index (χ2n) is 7.23. The maximum Gasteiger partial charge on any atom is 0.0933 e. The highest BCUT2D eigenvalue weighted by atomic mass is 15.8. The van der Waals surface area contributed by atoms with Gasteiger partial charge >= 0.3 is 0 Å². The van der Waals surface area contributed by atoms with Gasteiger partial charge in [0.15, 0.2) is 0 Å². The standard InChI is InChI=1S/C26H19N3/c1-3-11-19(12-4-1)28-25-23-17-9-7-15-21(23)22-16-8-10-18-24(22)26(25)29(27-28)20-13-5-2-6-14-20/h1-18,27H. The van der Waals surface area contributed by atoms with E-state index >= 15 is 0 Å². The lowest BCUT2D eigenvalue weighted by molar-refractivity contribution is 0.770. The second kappa shape index (κ2) is 6.36. The number of hydrazine groups is 2. The summed E-state index contributed by atoms with van der Waals surface area (Å²) < 4.78 is 0. The van der Waals surface area contributed by atoms with Crippen molar-refractivity contribution in [3.63, 3.8) is 0 Å². The Bertz CT molecular complexity index is 1230. The summed E-state index contributed by atoms with van der Waals surface area (Å²) in [5, 5.41) is 9.37. The highest BCUT2D eigenvalue weighted by Gasteiger charge is 2.32. The molecule has 0 saturated carbocycles. The summed E-state index contributed by atoms with van der Waals surface area (Å²) in [6.07, 6.45) is 0. The fourth-order valence-electron chi connectivity index (χ4n) is 4.28. The van der Waals surface area contributed by atoms with Gasteiger partial charge in [-0.15, -0.1) is 5.53 Å². The first-order valence-corrected chi connectivity index (χ1v) is 9.82. The van der Waals surface area contributed by atoms with E-state index in [1.54, 1.807) is 0 Å². The van der Waals surface area contributed by atoms with E-state index in [0.29, 0.717) is 0 Å². The van der Waals surface area contributed by atoms with E-state index in [-0.39, 0.29) is 0 Å². The summed E-state index contributed by atoms with van der Waals surface area (Å²) in [5.74, 6) is 0. The van der Waals surface area contributed by atoms with Crippen LogP contribution in [0.4, 0.5) is 22.7 Å². The number of nitrogens with one attached hydrogen (secondary N) is 1. The maximum atomic E-state index is 3.64. The third-order valence-corrected chi connectivity index (χ3v) is 5.55. The molecule has 1 N–H and O–H groups in total. The monoisotopic (exact) mass is 373 g/mol. The number of anilines is 4. The van der Waals surface area contributed by atoms with E-state index < -0.39 is 0 Å². The first kappa shape index (κ1) is 16.2. The molecule has 138 valence electrons. The largest absolute Gasteiger partial charge is 0.256 e. The van der Waals surface area contributed by atoms with Crippen LogP contribution in [0.2, 0.25) is 0 Å². The first-order chi connectivity index (χ1) is 14.4. The van der Waals surface area contributed by atoms with Gasteiger partial charge in [0.2, 0.25) is 0 Å². The smallest absolute Gasteiger partial charge is 0.0933 e. The molecule has 1 aliphatic rings. The molecule has 1 heterocycles. The van der Waals surface area contributed by atoms with Crippen molar-refractivity contribution < 1.29 is 0 Å². The van der Waals surface area contributed by atoms with E-state index in [1.807, 2.05) is 12.1 Å². The zero-order valence-corrected chi connectivity index (χ0v) is 15.8. The summed E-state index contributed by atoms with van der Waals surface area (Å²) in [6.45, 7) is 0. The minimum Gasteiger partial charge on any atom is -0.256 e. The molecular weight excluding hydrogens is 354 g/mol. The van der Waals surface area contributed by atoms with E-state index in [0.717, 1.165) is 11.4 Å². The van der Waals surface area contributed by atoms with Crippen molar-refractivity contribution in [2.45, 2.75) is 0 Å². The van der Waals surface area contributed by atoms with Gasteiger partial charge in [-0.25, -0.2) is 0 Å². The number of hydrogen-bond acceptors (Lipinski definition) is 3. The predicted octanol–water partition coefficient (Wildman–Crippen LogP) is 6.70. The minimum atomic E-state index is 1.10. The van der Waals surface area contributed by atoms with Gasteiger partial charge in [0, 0.05) is 10.8 Å². The molecule has 0 saturated heterocycles. The maximum absolute atomic E-state index is 3.64. The fraction of sp³-hybridized carbons (Fsp3) is 0. The Morgan fingerprint density at radius 3 is 1.14 bits per heavy atom. The van der Waals surface area contributed by atoms with Gasteiger partial charge in [0.25, 0.3) is 0 Å². The lowest BCUT2D eigenvalue weighted by atomic mass is 9.97. The van der Waals surface area contributed by atoms with Crippen LogP contribution < -0.4 is 15.6 Å². The normalized spacial score (nSPS) is 13.2. The van der Waals surface area contributed by atoms with Crippen LogP contribution in [0.5, 0.6) is 0 Å². The molecule has 1 aliphatic heterocycles. The molecule has 0 bridgehead atoms. The molecule has 29 heavy (non-hydrogen) atoms. The Hall–Kier alpha value is -3.82. The van der Waals surface area contributed by atoms with Crippen LogP contribution in [0.25, 0.3) is 21.5 Å². The van der Waals surface area contributed by atoms with Gasteiger partial charge in [0.1, 0.15) is 0 Å². The van der Waals surface area contributed by atoms with Crippen LogP contribution in [0, 0.1) is 0 Å². The van der Waals surface area contributed by atoms with Crippen LogP contribution >= 0.6 is 0 Å². The Labute approximate surface area is 169 Å². The van der Waals surface area contributed by atoms with Gasteiger partial charge in [-0.1, -0.05) is 84.9 Å². The van der Waals surface area contributed by atoms with Gasteiger partial charge in [-0.2, -0.15) is 0 Å². The van der Waals surface area contributed by atoms with Gasteiger partial charge in [-0.3, -0.25) is 10.0 Å². The van der Waals surface area contributed by atoms with Crippen LogP contribution in [0.1, 0.15) is 0 Å². The molecule has 0 aliphatic carbocycles. The van der Waals surface area contributed by atoms with Gasteiger partial charge in [-0.05, 0) is 35.0 Å². The molecule has 0 aromatic heterocycles. The SMILES string of the molecule is c1ccc(N2NN(c3ccccc3)c3c2c2ccccc2c2ccccc32)cc1. The molecule has 0 spiro atoms. The molecule has 3 nitrogen and oxygen atoms in total. The van der Waals surface area contributed by atoms with Crippen molar-refractivity contribution in [3.8, 4) is 0 Å². The zero-order chi connectivity index (χ0) is 19.2. The van der Waals surface area contributed by atoms with E-state index in [4.69, 9.17) is 0 Å². The Morgan fingerprint density at radius 2 is 0.724 bits per heavy atom. The molecule has 0 amide bonds. The summed E-state index contributed by atoms with van der Waals surface area (Å²) in [7, 11) is 0. The van der Waals surface area contributed by atoms with Crippen LogP contribution in [-0.2, 0) is 0 Å². The highest BCUT2D eigenvalue weighted by Crippen LogP contribution is 2.50. The average Bonchev–Trinajstić information content (AvgIpc) is 3.22. The molecule has 0 unspecified atom stereocenters. The molecule has 0 fully saturated rings. The molecule has 0 radical (unpaired) electrons. The van der Waals surface area contributed by atoms with E-state index in [2.05, 4.69) is 113 Å². The topological polar surface area (TPSA) is 18.5 Å². The number of nitrogens with zero attached hydrogens (tertiary/aromatic N) is 2. The molecule has 3 heteroatoms. The Balaban J connectivity index is 1.75. The molecule has 0 atom stereocenters. The highest BCUT2D eigenvalue weighted by molar-refractivity contribution is 6.22. The second-order valence-corrected chi connectivity index (χ2v) is 7.23. The van der Waals surface area contributed by atoms with Crippen molar-refractivity contribution in [1.82, 2.24) is 5.53 Å². The Morgan fingerprint density at radius 1 is 0.379 bits per heavy atom.